The van der Waals surface area contributed by atoms with E-state index in [0.29, 0.717) is 10.9 Å². The maximum Gasteiger partial charge on any atom is 0.132 e. The SMILES string of the molecule is CC1C=C(F)C=CC1C(c1ccc(F)cc1)c1c[nH]c2c(C[S+](C)[O-])cc(F)cc12. The van der Waals surface area contributed by atoms with E-state index in [1.807, 2.05) is 19.2 Å². The number of fused-ring (bicyclic) bond motifs is 1. The normalized spacial score (nSPS) is 20.9. The van der Waals surface area contributed by atoms with Crippen molar-refractivity contribution in [3.8, 4) is 0 Å². The predicted molar refractivity (Wildman–Crippen MR) is 115 cm³/mol. The summed E-state index contributed by atoms with van der Waals surface area (Å²) in [6.07, 6.45) is 8.26. The molecular weight excluding hydrogens is 407 g/mol. The van der Waals surface area contributed by atoms with Gasteiger partial charge in [0.25, 0.3) is 0 Å². The van der Waals surface area contributed by atoms with E-state index in [9.17, 15) is 17.7 Å². The first-order valence-corrected chi connectivity index (χ1v) is 11.5. The van der Waals surface area contributed by atoms with Gasteiger partial charge < -0.3 is 9.54 Å². The topological polar surface area (TPSA) is 38.8 Å². The molecular formula is C24H22F3NOS. The lowest BCUT2D eigenvalue weighted by atomic mass is 9.73. The fourth-order valence-corrected chi connectivity index (χ4v) is 5.03. The van der Waals surface area contributed by atoms with Crippen LogP contribution < -0.4 is 0 Å². The summed E-state index contributed by atoms with van der Waals surface area (Å²) in [7, 11) is 0. The van der Waals surface area contributed by atoms with Gasteiger partial charge in [0.15, 0.2) is 0 Å². The Balaban J connectivity index is 1.89. The average Bonchev–Trinajstić information content (AvgIpc) is 3.08. The Morgan fingerprint density at radius 3 is 2.50 bits per heavy atom. The Morgan fingerprint density at radius 1 is 1.10 bits per heavy atom. The number of benzene rings is 2. The van der Waals surface area contributed by atoms with Crippen LogP contribution in [0.4, 0.5) is 13.2 Å². The molecule has 1 aliphatic carbocycles. The molecule has 3 aromatic rings. The number of allylic oxidation sites excluding steroid dienone is 4. The second-order valence-electron chi connectivity index (χ2n) is 7.83. The highest BCUT2D eigenvalue weighted by atomic mass is 32.2. The molecule has 0 bridgehead atoms. The second-order valence-corrected chi connectivity index (χ2v) is 9.26. The summed E-state index contributed by atoms with van der Waals surface area (Å²) in [4.78, 5) is 3.22. The molecule has 4 unspecified atom stereocenters. The lowest BCUT2D eigenvalue weighted by molar-refractivity contribution is 0.441. The van der Waals surface area contributed by atoms with Gasteiger partial charge in [0, 0.05) is 23.1 Å². The number of rotatable bonds is 5. The maximum absolute atomic E-state index is 14.5. The van der Waals surface area contributed by atoms with E-state index in [-0.39, 0.29) is 35.2 Å². The standard InChI is InChI=1S/C24H22F3NOS/c1-14-9-18(26)7-8-20(14)23(15-3-5-17(25)6-4-15)22-12-28-24-16(13-30(2)29)10-19(27)11-21(22)24/h3-12,14,20,23,28H,13H2,1-2H3. The van der Waals surface area contributed by atoms with Crippen LogP contribution >= 0.6 is 0 Å². The Kier molecular flexibility index (Phi) is 5.80. The first-order valence-electron chi connectivity index (χ1n) is 9.74. The minimum atomic E-state index is -1.12. The minimum Gasteiger partial charge on any atom is -0.616 e. The van der Waals surface area contributed by atoms with Gasteiger partial charge in [0.2, 0.25) is 0 Å². The van der Waals surface area contributed by atoms with Crippen LogP contribution in [0.5, 0.6) is 0 Å². The van der Waals surface area contributed by atoms with Crippen LogP contribution in [-0.2, 0) is 16.9 Å². The highest BCUT2D eigenvalue weighted by molar-refractivity contribution is 7.89. The van der Waals surface area contributed by atoms with Gasteiger partial charge in [-0.25, -0.2) is 13.2 Å². The molecule has 0 spiro atoms. The molecule has 0 amide bonds. The summed E-state index contributed by atoms with van der Waals surface area (Å²) in [5.41, 5.74) is 3.09. The molecule has 0 saturated heterocycles. The Labute approximate surface area is 176 Å². The first-order chi connectivity index (χ1) is 14.3. The van der Waals surface area contributed by atoms with Gasteiger partial charge in [0.05, 0.1) is 11.8 Å². The monoisotopic (exact) mass is 429 g/mol. The number of hydrogen-bond donors (Lipinski definition) is 1. The van der Waals surface area contributed by atoms with Crippen molar-refractivity contribution in [2.24, 2.45) is 11.8 Å². The average molecular weight is 430 g/mol. The van der Waals surface area contributed by atoms with Crippen molar-refractivity contribution in [1.29, 1.82) is 0 Å². The van der Waals surface area contributed by atoms with E-state index in [0.717, 1.165) is 16.6 Å². The lowest BCUT2D eigenvalue weighted by Crippen LogP contribution is -2.20. The van der Waals surface area contributed by atoms with Gasteiger partial charge >= 0.3 is 0 Å². The summed E-state index contributed by atoms with van der Waals surface area (Å²) in [6.45, 7) is 1.94. The van der Waals surface area contributed by atoms with Crippen LogP contribution in [0, 0.1) is 23.5 Å². The molecule has 6 heteroatoms. The van der Waals surface area contributed by atoms with Gasteiger partial charge in [-0.05, 0) is 59.4 Å². The third kappa shape index (κ3) is 4.07. The third-order valence-electron chi connectivity index (χ3n) is 5.68. The van der Waals surface area contributed by atoms with Crippen LogP contribution in [0.3, 0.4) is 0 Å². The molecule has 1 aromatic heterocycles. The zero-order valence-electron chi connectivity index (χ0n) is 16.7. The molecule has 156 valence electrons. The first kappa shape index (κ1) is 20.8. The van der Waals surface area contributed by atoms with Crippen molar-refractivity contribution in [3.63, 3.8) is 0 Å². The number of aromatic amines is 1. The van der Waals surface area contributed by atoms with Crippen molar-refractivity contribution in [1.82, 2.24) is 4.98 Å². The van der Waals surface area contributed by atoms with Gasteiger partial charge in [-0.2, -0.15) is 0 Å². The Morgan fingerprint density at radius 2 is 1.83 bits per heavy atom. The van der Waals surface area contributed by atoms with E-state index in [2.05, 4.69) is 4.98 Å². The fraction of sp³-hybridized carbons (Fsp3) is 0.250. The summed E-state index contributed by atoms with van der Waals surface area (Å²) in [5, 5.41) is 0.695. The van der Waals surface area contributed by atoms with Crippen LogP contribution in [0.2, 0.25) is 0 Å². The van der Waals surface area contributed by atoms with Gasteiger partial charge in [0.1, 0.15) is 23.2 Å². The zero-order valence-corrected chi connectivity index (χ0v) is 17.5. The quantitative estimate of drug-likeness (QED) is 0.487. The smallest absolute Gasteiger partial charge is 0.132 e. The number of hydrogen-bond acceptors (Lipinski definition) is 1. The van der Waals surface area contributed by atoms with Crippen LogP contribution in [-0.4, -0.2) is 15.8 Å². The minimum absolute atomic E-state index is 0.0963. The number of halogens is 3. The van der Waals surface area contributed by atoms with Crippen molar-refractivity contribution in [2.75, 3.05) is 6.26 Å². The molecule has 30 heavy (non-hydrogen) atoms. The molecule has 2 nitrogen and oxygen atoms in total. The van der Waals surface area contributed by atoms with Crippen LogP contribution in [0.15, 0.2) is 66.6 Å². The molecule has 1 heterocycles. The molecule has 0 fully saturated rings. The molecule has 2 aromatic carbocycles. The van der Waals surface area contributed by atoms with Crippen molar-refractivity contribution in [3.05, 3.63) is 95.0 Å². The molecule has 0 radical (unpaired) electrons. The van der Waals surface area contributed by atoms with Crippen LogP contribution in [0.25, 0.3) is 10.9 Å². The summed E-state index contributed by atoms with van der Waals surface area (Å²) < 4.78 is 53.6. The Bertz CT molecular complexity index is 1120. The number of H-pyrrole nitrogens is 1. The predicted octanol–water partition coefficient (Wildman–Crippen LogP) is 6.13. The summed E-state index contributed by atoms with van der Waals surface area (Å²) >= 11 is -1.12. The van der Waals surface area contributed by atoms with Crippen molar-refractivity contribution >= 4 is 22.1 Å². The summed E-state index contributed by atoms with van der Waals surface area (Å²) in [5.74, 6) is -1.23. The van der Waals surface area contributed by atoms with E-state index >= 15 is 0 Å². The fourth-order valence-electron chi connectivity index (χ4n) is 4.37. The van der Waals surface area contributed by atoms with Gasteiger partial charge in [-0.3, -0.25) is 0 Å². The van der Waals surface area contributed by atoms with Crippen LogP contribution in [0.1, 0.15) is 29.5 Å². The summed E-state index contributed by atoms with van der Waals surface area (Å²) in [6, 6.07) is 9.10. The molecule has 4 rings (SSSR count). The lowest BCUT2D eigenvalue weighted by Gasteiger charge is -2.30. The Hall–Kier alpha value is -2.44. The molecule has 4 atom stereocenters. The second kappa shape index (κ2) is 8.36. The van der Waals surface area contributed by atoms with E-state index in [4.69, 9.17) is 0 Å². The molecule has 1 N–H and O–H groups in total. The van der Waals surface area contributed by atoms with Crippen molar-refractivity contribution in [2.45, 2.75) is 18.6 Å². The zero-order chi connectivity index (χ0) is 21.4. The van der Waals surface area contributed by atoms with Gasteiger partial charge in [-0.15, -0.1) is 0 Å². The number of nitrogens with one attached hydrogen (secondary N) is 1. The molecule has 0 aliphatic heterocycles. The number of aromatic nitrogens is 1. The van der Waals surface area contributed by atoms with E-state index < -0.39 is 17.0 Å². The largest absolute Gasteiger partial charge is 0.616 e. The highest BCUT2D eigenvalue weighted by Gasteiger charge is 2.31. The highest BCUT2D eigenvalue weighted by Crippen LogP contribution is 2.43. The van der Waals surface area contributed by atoms with Crippen molar-refractivity contribution < 1.29 is 17.7 Å². The maximum atomic E-state index is 14.5. The third-order valence-corrected chi connectivity index (χ3v) is 6.40. The molecule has 1 aliphatic rings. The molecule has 0 saturated carbocycles. The van der Waals surface area contributed by atoms with E-state index in [1.54, 1.807) is 24.5 Å². The van der Waals surface area contributed by atoms with E-state index in [1.165, 1.54) is 30.3 Å². The van der Waals surface area contributed by atoms with Gasteiger partial charge in [-0.1, -0.05) is 36.3 Å².